The highest BCUT2D eigenvalue weighted by Gasteiger charge is 2.32. The van der Waals surface area contributed by atoms with Crippen molar-refractivity contribution in [2.24, 2.45) is 5.92 Å². The summed E-state index contributed by atoms with van der Waals surface area (Å²) in [5, 5.41) is 14.4. The van der Waals surface area contributed by atoms with Gasteiger partial charge in [-0.05, 0) is 43.4 Å². The molecule has 0 radical (unpaired) electrons. The Morgan fingerprint density at radius 3 is 2.76 bits per heavy atom. The van der Waals surface area contributed by atoms with Gasteiger partial charge in [0.1, 0.15) is 11.5 Å². The number of aliphatic hydroxyl groups is 1. The molecule has 2 atom stereocenters. The van der Waals surface area contributed by atoms with Gasteiger partial charge in [0.15, 0.2) is 0 Å². The molecule has 4 rings (SSSR count). The lowest BCUT2D eigenvalue weighted by atomic mass is 10.0. The first kappa shape index (κ1) is 16.6. The molecule has 0 spiro atoms. The number of β-amino-alcohol motifs (C(OH)–C–C–N with tert-alkyl or cyclic N) is 1. The predicted octanol–water partition coefficient (Wildman–Crippen LogP) is 2.52. The number of likely N-dealkylation sites (tertiary alicyclic amines) is 1. The zero-order valence-corrected chi connectivity index (χ0v) is 15.0. The molecule has 0 amide bonds. The Morgan fingerprint density at radius 2 is 2.04 bits per heavy atom. The summed E-state index contributed by atoms with van der Waals surface area (Å²) in [7, 11) is 1.74. The van der Waals surface area contributed by atoms with Gasteiger partial charge in [0.25, 0.3) is 0 Å². The molecule has 1 N–H and O–H groups in total. The van der Waals surface area contributed by atoms with Crippen molar-refractivity contribution in [3.8, 4) is 5.75 Å². The third kappa shape index (κ3) is 3.44. The zero-order valence-electron chi connectivity index (χ0n) is 15.0. The van der Waals surface area contributed by atoms with Crippen LogP contribution >= 0.6 is 0 Å². The zero-order chi connectivity index (χ0) is 17.4. The standard InChI is InChI=1S/C20H26N2O3/c1-13-6-18(25-21-13)8-16-10-22(12-19(16)23)11-17-7-14-4-3-5-15(14)9-20(17)24-2/h6-7,9,16,19,23H,3-5,8,10-12H2,1-2H3/t16-,19+/m1/s1. The van der Waals surface area contributed by atoms with Crippen LogP contribution in [-0.4, -0.2) is 41.5 Å². The highest BCUT2D eigenvalue weighted by atomic mass is 16.5. The van der Waals surface area contributed by atoms with E-state index in [4.69, 9.17) is 9.26 Å². The number of benzene rings is 1. The van der Waals surface area contributed by atoms with Crippen LogP contribution in [0, 0.1) is 12.8 Å². The number of nitrogens with zero attached hydrogens (tertiary/aromatic N) is 2. The first-order chi connectivity index (χ1) is 12.1. The van der Waals surface area contributed by atoms with Crippen molar-refractivity contribution in [2.75, 3.05) is 20.2 Å². The first-order valence-electron chi connectivity index (χ1n) is 9.13. The number of fused-ring (bicyclic) bond motifs is 1. The second-order valence-electron chi connectivity index (χ2n) is 7.45. The number of rotatable bonds is 5. The molecule has 2 aliphatic rings. The van der Waals surface area contributed by atoms with E-state index in [0.717, 1.165) is 43.1 Å². The fraction of sp³-hybridized carbons (Fsp3) is 0.550. The van der Waals surface area contributed by atoms with E-state index in [1.165, 1.54) is 29.5 Å². The van der Waals surface area contributed by atoms with Gasteiger partial charge in [0, 0.05) is 43.6 Å². The smallest absolute Gasteiger partial charge is 0.137 e. The number of hydrogen-bond donors (Lipinski definition) is 1. The van der Waals surface area contributed by atoms with Crippen LogP contribution in [-0.2, 0) is 25.8 Å². The van der Waals surface area contributed by atoms with Gasteiger partial charge in [-0.25, -0.2) is 0 Å². The Labute approximate surface area is 148 Å². The molecule has 1 fully saturated rings. The van der Waals surface area contributed by atoms with E-state index in [9.17, 15) is 5.11 Å². The number of aromatic nitrogens is 1. The minimum absolute atomic E-state index is 0.188. The molecule has 1 aromatic carbocycles. The third-order valence-electron chi connectivity index (χ3n) is 5.51. The quantitative estimate of drug-likeness (QED) is 0.905. The molecule has 1 saturated heterocycles. The maximum absolute atomic E-state index is 10.5. The molecule has 5 nitrogen and oxygen atoms in total. The van der Waals surface area contributed by atoms with E-state index in [1.54, 1.807) is 7.11 Å². The molecule has 134 valence electrons. The summed E-state index contributed by atoms with van der Waals surface area (Å²) in [5.74, 6) is 2.02. The maximum Gasteiger partial charge on any atom is 0.137 e. The molecule has 1 aliphatic carbocycles. The van der Waals surface area contributed by atoms with Crippen LogP contribution in [0.3, 0.4) is 0 Å². The normalized spacial score (nSPS) is 23.2. The number of ether oxygens (including phenoxy) is 1. The molecule has 0 bridgehead atoms. The second-order valence-corrected chi connectivity index (χ2v) is 7.45. The van der Waals surface area contributed by atoms with Gasteiger partial charge < -0.3 is 14.4 Å². The molecule has 5 heteroatoms. The van der Waals surface area contributed by atoms with Crippen molar-refractivity contribution in [3.05, 3.63) is 46.3 Å². The maximum atomic E-state index is 10.5. The Hall–Kier alpha value is -1.85. The lowest BCUT2D eigenvalue weighted by molar-refractivity contribution is 0.137. The molecule has 2 heterocycles. The van der Waals surface area contributed by atoms with Crippen LogP contribution in [0.5, 0.6) is 5.75 Å². The fourth-order valence-corrected chi connectivity index (χ4v) is 4.25. The Bertz CT molecular complexity index is 755. The van der Waals surface area contributed by atoms with E-state index in [-0.39, 0.29) is 12.0 Å². The lowest BCUT2D eigenvalue weighted by Crippen LogP contribution is -2.21. The summed E-state index contributed by atoms with van der Waals surface area (Å²) in [4.78, 5) is 2.32. The molecule has 0 saturated carbocycles. The number of methoxy groups -OCH3 is 1. The molecule has 0 unspecified atom stereocenters. The highest BCUT2D eigenvalue weighted by Crippen LogP contribution is 2.32. The minimum Gasteiger partial charge on any atom is -0.496 e. The summed E-state index contributed by atoms with van der Waals surface area (Å²) in [5.41, 5.74) is 5.01. The number of aryl methyl sites for hydroxylation is 3. The Balaban J connectivity index is 1.45. The van der Waals surface area contributed by atoms with E-state index in [0.29, 0.717) is 6.54 Å². The van der Waals surface area contributed by atoms with E-state index >= 15 is 0 Å². The van der Waals surface area contributed by atoms with Crippen LogP contribution in [0.2, 0.25) is 0 Å². The summed E-state index contributed by atoms with van der Waals surface area (Å²) in [6.07, 6.45) is 3.98. The van der Waals surface area contributed by atoms with E-state index < -0.39 is 0 Å². The molecule has 2 aromatic rings. The van der Waals surface area contributed by atoms with Crippen LogP contribution in [0.4, 0.5) is 0 Å². The summed E-state index contributed by atoms with van der Waals surface area (Å²) in [6, 6.07) is 6.47. The molecule has 1 aromatic heterocycles. The Kier molecular flexibility index (Phi) is 4.52. The van der Waals surface area contributed by atoms with Crippen molar-refractivity contribution in [1.29, 1.82) is 0 Å². The SMILES string of the molecule is COc1cc2c(cc1CN1C[C@@H](Cc3cc(C)no3)[C@@H](O)C1)CCC2. The van der Waals surface area contributed by atoms with E-state index in [2.05, 4.69) is 22.2 Å². The van der Waals surface area contributed by atoms with Gasteiger partial charge >= 0.3 is 0 Å². The van der Waals surface area contributed by atoms with Crippen LogP contribution in [0.1, 0.15) is 34.6 Å². The fourth-order valence-electron chi connectivity index (χ4n) is 4.25. The topological polar surface area (TPSA) is 58.7 Å². The monoisotopic (exact) mass is 342 g/mol. The summed E-state index contributed by atoms with van der Waals surface area (Å²) in [6.45, 7) is 4.29. The largest absolute Gasteiger partial charge is 0.496 e. The van der Waals surface area contributed by atoms with Gasteiger partial charge in [-0.1, -0.05) is 11.2 Å². The molecule has 25 heavy (non-hydrogen) atoms. The average molecular weight is 342 g/mol. The summed E-state index contributed by atoms with van der Waals surface area (Å²) >= 11 is 0. The van der Waals surface area contributed by atoms with Crippen LogP contribution in [0.25, 0.3) is 0 Å². The van der Waals surface area contributed by atoms with Crippen LogP contribution in [0.15, 0.2) is 22.7 Å². The van der Waals surface area contributed by atoms with Crippen molar-refractivity contribution in [1.82, 2.24) is 10.1 Å². The molecular weight excluding hydrogens is 316 g/mol. The number of aliphatic hydroxyl groups excluding tert-OH is 1. The average Bonchev–Trinajstić information content (AvgIpc) is 3.28. The third-order valence-corrected chi connectivity index (χ3v) is 5.51. The Morgan fingerprint density at radius 1 is 1.24 bits per heavy atom. The minimum atomic E-state index is -0.328. The van der Waals surface area contributed by atoms with Gasteiger partial charge in [-0.2, -0.15) is 0 Å². The molecular formula is C20H26N2O3. The summed E-state index contributed by atoms with van der Waals surface area (Å²) < 4.78 is 10.9. The van der Waals surface area contributed by atoms with Crippen molar-refractivity contribution in [3.63, 3.8) is 0 Å². The van der Waals surface area contributed by atoms with Crippen molar-refractivity contribution < 1.29 is 14.4 Å². The lowest BCUT2D eigenvalue weighted by Gasteiger charge is -2.18. The van der Waals surface area contributed by atoms with Crippen molar-refractivity contribution >= 4 is 0 Å². The molecule has 1 aliphatic heterocycles. The van der Waals surface area contributed by atoms with Crippen molar-refractivity contribution in [2.45, 2.75) is 45.3 Å². The van der Waals surface area contributed by atoms with Gasteiger partial charge in [0.05, 0.1) is 18.9 Å². The number of hydrogen-bond acceptors (Lipinski definition) is 5. The predicted molar refractivity (Wildman–Crippen MR) is 94.7 cm³/mol. The van der Waals surface area contributed by atoms with Gasteiger partial charge in [-0.15, -0.1) is 0 Å². The van der Waals surface area contributed by atoms with E-state index in [1.807, 2.05) is 13.0 Å². The van der Waals surface area contributed by atoms with Gasteiger partial charge in [0.2, 0.25) is 0 Å². The second kappa shape index (κ2) is 6.81. The van der Waals surface area contributed by atoms with Gasteiger partial charge in [-0.3, -0.25) is 4.90 Å². The highest BCUT2D eigenvalue weighted by molar-refractivity contribution is 5.44. The van der Waals surface area contributed by atoms with Crippen LogP contribution < -0.4 is 4.74 Å². The first-order valence-corrected chi connectivity index (χ1v) is 9.13.